The van der Waals surface area contributed by atoms with Gasteiger partial charge >= 0.3 is 0 Å². The molecule has 2 aromatic heterocycles. The first kappa shape index (κ1) is 17.4. The number of thiophene rings is 1. The highest BCUT2D eigenvalue weighted by molar-refractivity contribution is 7.13. The number of aromatic nitrogens is 1. The molecule has 4 rings (SSSR count). The molecule has 0 fully saturated rings. The number of carbonyl (C=O) groups excluding carboxylic acids is 1. The zero-order valence-corrected chi connectivity index (χ0v) is 15.3. The molecule has 0 atom stereocenters. The van der Waals surface area contributed by atoms with Gasteiger partial charge in [-0.1, -0.05) is 12.1 Å². The third-order valence-corrected chi connectivity index (χ3v) is 5.11. The Bertz CT molecular complexity index is 1010. The normalized spacial score (nSPS) is 13.0. The van der Waals surface area contributed by atoms with E-state index >= 15 is 0 Å². The maximum Gasteiger partial charge on any atom is 0.261 e. The van der Waals surface area contributed by atoms with Crippen LogP contribution >= 0.6 is 11.3 Å². The second kappa shape index (κ2) is 7.67. The summed E-state index contributed by atoms with van der Waals surface area (Å²) in [5, 5.41) is 4.71. The van der Waals surface area contributed by atoms with E-state index in [1.807, 2.05) is 35.7 Å². The minimum absolute atomic E-state index is 0.0876. The molecule has 1 aromatic carbocycles. The number of carbonyl (C=O) groups is 1. The van der Waals surface area contributed by atoms with Crippen LogP contribution in [0, 0.1) is 0 Å². The Labute approximate surface area is 159 Å². The largest absolute Gasteiger partial charge is 0.490 e. The maximum absolute atomic E-state index is 12.4. The first-order valence-corrected chi connectivity index (χ1v) is 9.52. The van der Waals surface area contributed by atoms with Gasteiger partial charge in [0.25, 0.3) is 11.5 Å². The van der Waals surface area contributed by atoms with E-state index in [-0.39, 0.29) is 5.56 Å². The van der Waals surface area contributed by atoms with Gasteiger partial charge in [-0.15, -0.1) is 11.3 Å². The van der Waals surface area contributed by atoms with E-state index in [1.54, 1.807) is 12.1 Å². The van der Waals surface area contributed by atoms with Gasteiger partial charge < -0.3 is 19.8 Å². The SMILES string of the molecule is O=C(NCc1ccc2c(c1)OCCCO2)c1ccc(-c2cccs2)[nH]c1=O. The highest BCUT2D eigenvalue weighted by Gasteiger charge is 2.14. The van der Waals surface area contributed by atoms with Crippen LogP contribution < -0.4 is 20.3 Å². The number of hydrogen-bond donors (Lipinski definition) is 2. The molecule has 0 bridgehead atoms. The molecule has 0 radical (unpaired) electrons. The van der Waals surface area contributed by atoms with E-state index in [9.17, 15) is 9.59 Å². The smallest absolute Gasteiger partial charge is 0.261 e. The molecule has 3 aromatic rings. The maximum atomic E-state index is 12.4. The summed E-state index contributed by atoms with van der Waals surface area (Å²) < 4.78 is 11.3. The van der Waals surface area contributed by atoms with Gasteiger partial charge in [0.2, 0.25) is 0 Å². The second-order valence-corrected chi connectivity index (χ2v) is 7.05. The monoisotopic (exact) mass is 382 g/mol. The Kier molecular flexibility index (Phi) is 4.93. The first-order chi connectivity index (χ1) is 13.2. The highest BCUT2D eigenvalue weighted by atomic mass is 32.1. The van der Waals surface area contributed by atoms with E-state index in [4.69, 9.17) is 9.47 Å². The van der Waals surface area contributed by atoms with Crippen LogP contribution in [0.3, 0.4) is 0 Å². The number of amides is 1. The van der Waals surface area contributed by atoms with Crippen LogP contribution in [0.15, 0.2) is 52.6 Å². The van der Waals surface area contributed by atoms with Crippen molar-refractivity contribution in [3.63, 3.8) is 0 Å². The topological polar surface area (TPSA) is 80.4 Å². The van der Waals surface area contributed by atoms with E-state index in [2.05, 4.69) is 10.3 Å². The van der Waals surface area contributed by atoms with E-state index in [0.29, 0.717) is 37.0 Å². The van der Waals surface area contributed by atoms with Gasteiger partial charge in [-0.3, -0.25) is 9.59 Å². The summed E-state index contributed by atoms with van der Waals surface area (Å²) in [4.78, 5) is 28.4. The Hall–Kier alpha value is -3.06. The summed E-state index contributed by atoms with van der Waals surface area (Å²) in [6.45, 7) is 1.53. The van der Waals surface area contributed by atoms with Crippen LogP contribution in [-0.4, -0.2) is 24.1 Å². The van der Waals surface area contributed by atoms with Crippen molar-refractivity contribution < 1.29 is 14.3 Å². The zero-order valence-electron chi connectivity index (χ0n) is 14.5. The van der Waals surface area contributed by atoms with Gasteiger partial charge in [0, 0.05) is 13.0 Å². The molecule has 1 aliphatic rings. The fraction of sp³-hybridized carbons (Fsp3) is 0.200. The van der Waals surface area contributed by atoms with Gasteiger partial charge in [0.15, 0.2) is 11.5 Å². The molecule has 0 aliphatic carbocycles. The number of nitrogens with one attached hydrogen (secondary N) is 2. The van der Waals surface area contributed by atoms with Crippen LogP contribution in [0.25, 0.3) is 10.6 Å². The lowest BCUT2D eigenvalue weighted by Crippen LogP contribution is -2.29. The molecule has 6 nitrogen and oxygen atoms in total. The Balaban J connectivity index is 1.45. The molecule has 27 heavy (non-hydrogen) atoms. The fourth-order valence-electron chi connectivity index (χ4n) is 2.82. The van der Waals surface area contributed by atoms with Crippen molar-refractivity contribution in [2.24, 2.45) is 0 Å². The molecule has 0 unspecified atom stereocenters. The zero-order chi connectivity index (χ0) is 18.6. The first-order valence-electron chi connectivity index (χ1n) is 8.64. The number of ether oxygens (including phenoxy) is 2. The fourth-order valence-corrected chi connectivity index (χ4v) is 3.53. The van der Waals surface area contributed by atoms with E-state index in [1.165, 1.54) is 11.3 Å². The van der Waals surface area contributed by atoms with Crippen molar-refractivity contribution in [1.82, 2.24) is 10.3 Å². The summed E-state index contributed by atoms with van der Waals surface area (Å²) in [5.74, 6) is 0.974. The predicted molar refractivity (Wildman–Crippen MR) is 104 cm³/mol. The second-order valence-electron chi connectivity index (χ2n) is 6.11. The lowest BCUT2D eigenvalue weighted by molar-refractivity contribution is 0.0949. The van der Waals surface area contributed by atoms with Crippen molar-refractivity contribution >= 4 is 17.2 Å². The van der Waals surface area contributed by atoms with Crippen LogP contribution in [0.5, 0.6) is 11.5 Å². The van der Waals surface area contributed by atoms with Gasteiger partial charge in [-0.25, -0.2) is 0 Å². The van der Waals surface area contributed by atoms with Crippen LogP contribution in [0.1, 0.15) is 22.3 Å². The van der Waals surface area contributed by atoms with Gasteiger partial charge in [0.05, 0.1) is 23.8 Å². The molecule has 1 aliphatic heterocycles. The average Bonchev–Trinajstić information content (AvgIpc) is 3.12. The number of benzene rings is 1. The van der Waals surface area contributed by atoms with Crippen molar-refractivity contribution in [2.75, 3.05) is 13.2 Å². The third kappa shape index (κ3) is 3.88. The van der Waals surface area contributed by atoms with Crippen LogP contribution in [0.2, 0.25) is 0 Å². The number of pyridine rings is 1. The number of hydrogen-bond acceptors (Lipinski definition) is 5. The summed E-state index contributed by atoms with van der Waals surface area (Å²) in [5.41, 5.74) is 1.26. The Morgan fingerprint density at radius 2 is 1.96 bits per heavy atom. The molecular formula is C20H18N2O4S. The van der Waals surface area contributed by atoms with Gasteiger partial charge in [0.1, 0.15) is 5.56 Å². The average molecular weight is 382 g/mol. The molecule has 7 heteroatoms. The number of fused-ring (bicyclic) bond motifs is 1. The van der Waals surface area contributed by atoms with Gasteiger partial charge in [-0.2, -0.15) is 0 Å². The molecule has 0 saturated carbocycles. The third-order valence-electron chi connectivity index (χ3n) is 4.21. The lowest BCUT2D eigenvalue weighted by atomic mass is 10.2. The number of aromatic amines is 1. The van der Waals surface area contributed by atoms with Crippen LogP contribution in [-0.2, 0) is 6.54 Å². The van der Waals surface area contributed by atoms with Crippen molar-refractivity contribution in [1.29, 1.82) is 0 Å². The summed E-state index contributed by atoms with van der Waals surface area (Å²) in [6.07, 6.45) is 0.838. The van der Waals surface area contributed by atoms with E-state index in [0.717, 1.165) is 16.9 Å². The minimum atomic E-state index is -0.416. The lowest BCUT2D eigenvalue weighted by Gasteiger charge is -2.10. The Morgan fingerprint density at radius 3 is 2.74 bits per heavy atom. The summed E-state index contributed by atoms with van der Waals surface area (Å²) in [6, 6.07) is 12.7. The summed E-state index contributed by atoms with van der Waals surface area (Å²) >= 11 is 1.53. The number of rotatable bonds is 4. The molecule has 2 N–H and O–H groups in total. The molecular weight excluding hydrogens is 364 g/mol. The minimum Gasteiger partial charge on any atom is -0.490 e. The van der Waals surface area contributed by atoms with Crippen molar-refractivity contribution in [2.45, 2.75) is 13.0 Å². The van der Waals surface area contributed by atoms with Gasteiger partial charge in [-0.05, 0) is 41.3 Å². The standard InChI is InChI=1S/C20H18N2O4S/c23-19(14-5-6-15(22-20(14)24)18-3-1-10-27-18)21-12-13-4-7-16-17(11-13)26-9-2-8-25-16/h1,3-7,10-11H,2,8-9,12H2,(H,21,23)(H,22,24). The van der Waals surface area contributed by atoms with Crippen molar-refractivity contribution in [3.8, 4) is 22.1 Å². The Morgan fingerprint density at radius 1 is 1.11 bits per heavy atom. The molecule has 1 amide bonds. The highest BCUT2D eigenvalue weighted by Crippen LogP contribution is 2.30. The van der Waals surface area contributed by atoms with Crippen LogP contribution in [0.4, 0.5) is 0 Å². The van der Waals surface area contributed by atoms with E-state index < -0.39 is 11.5 Å². The summed E-state index contributed by atoms with van der Waals surface area (Å²) in [7, 11) is 0. The quantitative estimate of drug-likeness (QED) is 0.726. The molecule has 3 heterocycles. The molecule has 138 valence electrons. The number of H-pyrrole nitrogens is 1. The van der Waals surface area contributed by atoms with Crippen molar-refractivity contribution in [3.05, 3.63) is 69.3 Å². The molecule has 0 spiro atoms. The molecule has 0 saturated heterocycles. The predicted octanol–water partition coefficient (Wildman–Crippen LogP) is 3.19.